The third-order valence-corrected chi connectivity index (χ3v) is 5.81. The van der Waals surface area contributed by atoms with Crippen LogP contribution in [0.2, 0.25) is 0 Å². The lowest BCUT2D eigenvalue weighted by atomic mass is 10.1. The standard InChI is InChI=1S/C25H30FN5O2/c1-2-33-22-6-4-3-5-20(22)18-30-14-12-24-29-28-23(31(24)16-15-30)11-13-27-25(32)17-19-7-9-21(26)10-8-19/h3-10H,2,11-18H2,1H3,(H,27,32). The Morgan fingerprint density at radius 2 is 1.91 bits per heavy atom. The Morgan fingerprint density at radius 1 is 1.09 bits per heavy atom. The van der Waals surface area contributed by atoms with Gasteiger partial charge >= 0.3 is 0 Å². The molecule has 33 heavy (non-hydrogen) atoms. The molecule has 0 atom stereocenters. The lowest BCUT2D eigenvalue weighted by molar-refractivity contribution is -0.120. The van der Waals surface area contributed by atoms with Gasteiger partial charge in [0.25, 0.3) is 0 Å². The SMILES string of the molecule is CCOc1ccccc1CN1CCc2nnc(CCNC(=O)Cc3ccc(F)cc3)n2CC1. The van der Waals surface area contributed by atoms with E-state index in [9.17, 15) is 9.18 Å². The fraction of sp³-hybridized carbons (Fsp3) is 0.400. The van der Waals surface area contributed by atoms with Gasteiger partial charge in [-0.3, -0.25) is 9.69 Å². The molecule has 0 aliphatic carbocycles. The molecule has 0 saturated heterocycles. The van der Waals surface area contributed by atoms with Crippen molar-refractivity contribution in [3.8, 4) is 5.75 Å². The molecule has 7 nitrogen and oxygen atoms in total. The molecule has 0 saturated carbocycles. The number of carbonyl (C=O) groups is 1. The van der Waals surface area contributed by atoms with Crippen LogP contribution in [0.15, 0.2) is 48.5 Å². The number of nitrogens with zero attached hydrogens (tertiary/aromatic N) is 4. The Labute approximate surface area is 193 Å². The van der Waals surface area contributed by atoms with E-state index in [1.807, 2.05) is 25.1 Å². The number of nitrogens with one attached hydrogen (secondary N) is 1. The molecule has 2 aromatic carbocycles. The summed E-state index contributed by atoms with van der Waals surface area (Å²) in [5.41, 5.74) is 1.98. The number of halogens is 1. The number of aromatic nitrogens is 3. The van der Waals surface area contributed by atoms with Gasteiger partial charge in [-0.25, -0.2) is 4.39 Å². The maximum absolute atomic E-state index is 13.0. The Kier molecular flexibility index (Phi) is 7.67. The molecule has 0 fully saturated rings. The summed E-state index contributed by atoms with van der Waals surface area (Å²) in [6.45, 7) is 6.61. The average molecular weight is 452 g/mol. The van der Waals surface area contributed by atoms with Crippen LogP contribution >= 0.6 is 0 Å². The Morgan fingerprint density at radius 3 is 2.73 bits per heavy atom. The third-order valence-electron chi connectivity index (χ3n) is 5.81. The van der Waals surface area contributed by atoms with Gasteiger partial charge in [0.1, 0.15) is 23.2 Å². The molecule has 0 bridgehead atoms. The molecule has 174 valence electrons. The van der Waals surface area contributed by atoms with Gasteiger partial charge in [0, 0.05) is 51.1 Å². The smallest absolute Gasteiger partial charge is 0.224 e. The van der Waals surface area contributed by atoms with Gasteiger partial charge in [-0.15, -0.1) is 10.2 Å². The zero-order valence-electron chi connectivity index (χ0n) is 19.0. The van der Waals surface area contributed by atoms with E-state index < -0.39 is 0 Å². The van der Waals surface area contributed by atoms with Crippen LogP contribution < -0.4 is 10.1 Å². The molecule has 4 rings (SSSR count). The van der Waals surface area contributed by atoms with Crippen LogP contribution in [0.3, 0.4) is 0 Å². The minimum Gasteiger partial charge on any atom is -0.494 e. The molecule has 1 amide bonds. The predicted octanol–water partition coefficient (Wildman–Crippen LogP) is 2.78. The van der Waals surface area contributed by atoms with Crippen molar-refractivity contribution in [2.45, 2.75) is 39.3 Å². The Bertz CT molecular complexity index is 1070. The average Bonchev–Trinajstić information content (AvgIpc) is 3.08. The van der Waals surface area contributed by atoms with Gasteiger partial charge in [-0.1, -0.05) is 30.3 Å². The highest BCUT2D eigenvalue weighted by atomic mass is 19.1. The molecular weight excluding hydrogens is 421 g/mol. The van der Waals surface area contributed by atoms with Crippen LogP contribution in [0.25, 0.3) is 0 Å². The van der Waals surface area contributed by atoms with Crippen molar-refractivity contribution in [2.24, 2.45) is 0 Å². The number of rotatable bonds is 9. The van der Waals surface area contributed by atoms with Crippen molar-refractivity contribution in [3.63, 3.8) is 0 Å². The van der Waals surface area contributed by atoms with Gasteiger partial charge in [-0.05, 0) is 30.7 Å². The lowest BCUT2D eigenvalue weighted by Gasteiger charge is -2.21. The first-order valence-corrected chi connectivity index (χ1v) is 11.5. The van der Waals surface area contributed by atoms with Crippen LogP contribution in [0.4, 0.5) is 4.39 Å². The zero-order chi connectivity index (χ0) is 23.0. The molecular formula is C25H30FN5O2. The second kappa shape index (κ2) is 11.0. The maximum Gasteiger partial charge on any atom is 0.224 e. The van der Waals surface area contributed by atoms with Crippen LogP contribution in [-0.2, 0) is 37.1 Å². The topological polar surface area (TPSA) is 72.3 Å². The van der Waals surface area contributed by atoms with Gasteiger partial charge in [0.05, 0.1) is 13.0 Å². The van der Waals surface area contributed by atoms with Crippen molar-refractivity contribution in [1.82, 2.24) is 25.0 Å². The summed E-state index contributed by atoms with van der Waals surface area (Å²) in [5, 5.41) is 11.7. The molecule has 0 radical (unpaired) electrons. The van der Waals surface area contributed by atoms with E-state index in [1.54, 1.807) is 12.1 Å². The highest BCUT2D eigenvalue weighted by Gasteiger charge is 2.19. The summed E-state index contributed by atoms with van der Waals surface area (Å²) in [4.78, 5) is 14.6. The van der Waals surface area contributed by atoms with E-state index >= 15 is 0 Å². The fourth-order valence-electron chi connectivity index (χ4n) is 4.11. The number of ether oxygens (including phenoxy) is 1. The minimum atomic E-state index is -0.302. The Hall–Kier alpha value is -3.26. The second-order valence-electron chi connectivity index (χ2n) is 8.15. The van der Waals surface area contributed by atoms with Crippen molar-refractivity contribution < 1.29 is 13.9 Å². The van der Waals surface area contributed by atoms with E-state index in [2.05, 4.69) is 31.0 Å². The van der Waals surface area contributed by atoms with E-state index in [-0.39, 0.29) is 18.1 Å². The molecule has 1 aliphatic rings. The molecule has 1 aromatic heterocycles. The van der Waals surface area contributed by atoms with Crippen LogP contribution in [0, 0.1) is 5.82 Å². The number of benzene rings is 2. The number of hydrogen-bond donors (Lipinski definition) is 1. The second-order valence-corrected chi connectivity index (χ2v) is 8.15. The first kappa shape index (κ1) is 22.9. The molecule has 8 heteroatoms. The highest BCUT2D eigenvalue weighted by Crippen LogP contribution is 2.21. The quantitative estimate of drug-likeness (QED) is 0.542. The normalized spacial score (nSPS) is 13.9. The van der Waals surface area contributed by atoms with Crippen LogP contribution in [-0.4, -0.2) is 51.8 Å². The summed E-state index contributed by atoms with van der Waals surface area (Å²) >= 11 is 0. The molecule has 2 heterocycles. The van der Waals surface area contributed by atoms with Crippen molar-refractivity contribution >= 4 is 5.91 Å². The maximum atomic E-state index is 13.0. The van der Waals surface area contributed by atoms with Gasteiger partial charge in [0.15, 0.2) is 0 Å². The van der Waals surface area contributed by atoms with E-state index in [4.69, 9.17) is 4.74 Å². The van der Waals surface area contributed by atoms with Crippen molar-refractivity contribution in [1.29, 1.82) is 0 Å². The number of amides is 1. The fourth-order valence-corrected chi connectivity index (χ4v) is 4.11. The number of fused-ring (bicyclic) bond motifs is 1. The first-order valence-electron chi connectivity index (χ1n) is 11.5. The summed E-state index contributed by atoms with van der Waals surface area (Å²) < 4.78 is 21.0. The highest BCUT2D eigenvalue weighted by molar-refractivity contribution is 5.78. The van der Waals surface area contributed by atoms with E-state index in [0.29, 0.717) is 19.6 Å². The van der Waals surface area contributed by atoms with Gasteiger partial charge in [0.2, 0.25) is 5.91 Å². The molecule has 0 unspecified atom stereocenters. The molecule has 3 aromatic rings. The summed E-state index contributed by atoms with van der Waals surface area (Å²) in [7, 11) is 0. The first-order chi connectivity index (χ1) is 16.1. The summed E-state index contributed by atoms with van der Waals surface area (Å²) in [5.74, 6) is 2.44. The summed E-state index contributed by atoms with van der Waals surface area (Å²) in [6.07, 6.45) is 1.69. The van der Waals surface area contributed by atoms with Crippen molar-refractivity contribution in [2.75, 3.05) is 26.2 Å². The lowest BCUT2D eigenvalue weighted by Crippen LogP contribution is -2.29. The van der Waals surface area contributed by atoms with Crippen LogP contribution in [0.1, 0.15) is 29.7 Å². The monoisotopic (exact) mass is 451 g/mol. The summed E-state index contributed by atoms with van der Waals surface area (Å²) in [6, 6.07) is 14.2. The molecule has 1 aliphatic heterocycles. The number of para-hydroxylation sites is 1. The largest absolute Gasteiger partial charge is 0.494 e. The van der Waals surface area contributed by atoms with Crippen LogP contribution in [0.5, 0.6) is 5.75 Å². The molecule has 0 spiro atoms. The van der Waals surface area contributed by atoms with Gasteiger partial charge in [-0.2, -0.15) is 0 Å². The van der Waals surface area contributed by atoms with Gasteiger partial charge < -0.3 is 14.6 Å². The predicted molar refractivity (Wildman–Crippen MR) is 123 cm³/mol. The Balaban J connectivity index is 1.28. The minimum absolute atomic E-state index is 0.0867. The molecule has 1 N–H and O–H groups in total. The number of carbonyl (C=O) groups excluding carboxylic acids is 1. The van der Waals surface area contributed by atoms with Crippen molar-refractivity contribution in [3.05, 3.63) is 77.1 Å². The van der Waals surface area contributed by atoms with E-state index in [0.717, 1.165) is 55.6 Å². The third kappa shape index (κ3) is 6.16. The number of hydrogen-bond acceptors (Lipinski definition) is 5. The zero-order valence-corrected chi connectivity index (χ0v) is 19.0. The van der Waals surface area contributed by atoms with E-state index in [1.165, 1.54) is 17.7 Å².